The molecule has 96 valence electrons. The molecule has 0 aliphatic heterocycles. The molecule has 0 bridgehead atoms. The van der Waals surface area contributed by atoms with E-state index in [1.54, 1.807) is 6.92 Å². The van der Waals surface area contributed by atoms with Crippen LogP contribution in [0.2, 0.25) is 0 Å². The van der Waals surface area contributed by atoms with Crippen LogP contribution in [0.15, 0.2) is 24.3 Å². The van der Waals surface area contributed by atoms with Crippen LogP contribution in [0.25, 0.3) is 0 Å². The summed E-state index contributed by atoms with van der Waals surface area (Å²) in [7, 11) is 0. The lowest BCUT2D eigenvalue weighted by Gasteiger charge is -2.39. The van der Waals surface area contributed by atoms with E-state index in [0.717, 1.165) is 12.8 Å². The minimum atomic E-state index is 0.186. The molecule has 1 heteroatoms. The van der Waals surface area contributed by atoms with Crippen molar-refractivity contribution >= 4 is 5.78 Å². The van der Waals surface area contributed by atoms with Gasteiger partial charge in [-0.15, -0.1) is 0 Å². The molecule has 1 rings (SSSR count). The molecule has 0 saturated heterocycles. The molecule has 0 radical (unpaired) electrons. The number of Topliss-reactive ketones (excluding diaryl/α,β-unsaturated/α-hetero) is 1. The normalized spacial score (nSPS) is 31.2. The van der Waals surface area contributed by atoms with Crippen LogP contribution in [-0.2, 0) is 4.79 Å². The highest BCUT2D eigenvalue weighted by Crippen LogP contribution is 2.42. The van der Waals surface area contributed by atoms with Gasteiger partial charge in [-0.3, -0.25) is 4.79 Å². The monoisotopic (exact) mass is 234 g/mol. The highest BCUT2D eigenvalue weighted by atomic mass is 16.1. The van der Waals surface area contributed by atoms with E-state index in [0.29, 0.717) is 17.6 Å². The molecule has 0 N–H and O–H groups in total. The van der Waals surface area contributed by atoms with Crippen molar-refractivity contribution in [3.05, 3.63) is 24.3 Å². The van der Waals surface area contributed by atoms with Crippen LogP contribution in [0.4, 0.5) is 0 Å². The predicted molar refractivity (Wildman–Crippen MR) is 73.8 cm³/mol. The largest absolute Gasteiger partial charge is 0.300 e. The Morgan fingerprint density at radius 2 is 2.00 bits per heavy atom. The molecule has 0 amide bonds. The van der Waals surface area contributed by atoms with Gasteiger partial charge >= 0.3 is 0 Å². The van der Waals surface area contributed by atoms with Crippen molar-refractivity contribution in [2.45, 2.75) is 47.5 Å². The molecule has 1 aliphatic carbocycles. The highest BCUT2D eigenvalue weighted by Gasteiger charge is 2.34. The van der Waals surface area contributed by atoms with Crippen LogP contribution in [0, 0.1) is 23.2 Å². The Bertz CT molecular complexity index is 326. The van der Waals surface area contributed by atoms with Gasteiger partial charge in [-0.25, -0.2) is 0 Å². The second kappa shape index (κ2) is 5.66. The van der Waals surface area contributed by atoms with Gasteiger partial charge in [0.05, 0.1) is 0 Å². The van der Waals surface area contributed by atoms with E-state index in [2.05, 4.69) is 45.1 Å². The maximum Gasteiger partial charge on any atom is 0.132 e. The molecule has 1 nitrogen and oxygen atoms in total. The second-order valence-corrected chi connectivity index (χ2v) is 5.85. The standard InChI is InChI=1S/C16H26O/c1-6-16(5)10-8-7-9-15(16)13(3)11-12(2)14(4)17/h7-10,12-13,15H,6,11H2,1-5H3/t12?,13?,15-,16?/m0/s1. The van der Waals surface area contributed by atoms with Gasteiger partial charge in [-0.1, -0.05) is 52.0 Å². The summed E-state index contributed by atoms with van der Waals surface area (Å²) >= 11 is 0. The maximum absolute atomic E-state index is 11.4. The van der Waals surface area contributed by atoms with Crippen LogP contribution in [-0.4, -0.2) is 5.78 Å². The topological polar surface area (TPSA) is 17.1 Å². The molecule has 1 aliphatic rings. The van der Waals surface area contributed by atoms with Crippen LogP contribution in [0.1, 0.15) is 47.5 Å². The molecule has 0 saturated carbocycles. The van der Waals surface area contributed by atoms with Gasteiger partial charge in [0.2, 0.25) is 0 Å². The molecule has 0 aromatic carbocycles. The number of carbonyl (C=O) groups excluding carboxylic acids is 1. The van der Waals surface area contributed by atoms with Gasteiger partial charge in [0.1, 0.15) is 5.78 Å². The minimum absolute atomic E-state index is 0.186. The molecule has 17 heavy (non-hydrogen) atoms. The second-order valence-electron chi connectivity index (χ2n) is 5.85. The van der Waals surface area contributed by atoms with E-state index in [9.17, 15) is 4.79 Å². The Balaban J connectivity index is 2.74. The zero-order valence-electron chi connectivity index (χ0n) is 11.9. The van der Waals surface area contributed by atoms with Crippen LogP contribution in [0.5, 0.6) is 0 Å². The Kier molecular flexibility index (Phi) is 4.73. The van der Waals surface area contributed by atoms with Crippen molar-refractivity contribution in [3.8, 4) is 0 Å². The first-order valence-electron chi connectivity index (χ1n) is 6.77. The van der Waals surface area contributed by atoms with E-state index in [-0.39, 0.29) is 11.3 Å². The van der Waals surface area contributed by atoms with E-state index < -0.39 is 0 Å². The van der Waals surface area contributed by atoms with Gasteiger partial charge in [0.15, 0.2) is 0 Å². The fraction of sp³-hybridized carbons (Fsp3) is 0.688. The minimum Gasteiger partial charge on any atom is -0.300 e. The number of allylic oxidation sites excluding steroid dienone is 4. The van der Waals surface area contributed by atoms with Crippen molar-refractivity contribution in [3.63, 3.8) is 0 Å². The Morgan fingerprint density at radius 3 is 2.53 bits per heavy atom. The molecule has 4 atom stereocenters. The van der Waals surface area contributed by atoms with Gasteiger partial charge in [-0.2, -0.15) is 0 Å². The third-order valence-electron chi connectivity index (χ3n) is 4.46. The summed E-state index contributed by atoms with van der Waals surface area (Å²) in [5.41, 5.74) is 0.255. The summed E-state index contributed by atoms with van der Waals surface area (Å²) in [6.07, 6.45) is 11.1. The summed E-state index contributed by atoms with van der Waals surface area (Å²) in [5, 5.41) is 0. The predicted octanol–water partition coefficient (Wildman–Crippen LogP) is 4.40. The molecule has 3 unspecified atom stereocenters. The highest BCUT2D eigenvalue weighted by molar-refractivity contribution is 5.77. The van der Waals surface area contributed by atoms with Crippen LogP contribution in [0.3, 0.4) is 0 Å². The molecule has 0 aromatic rings. The van der Waals surface area contributed by atoms with Crippen molar-refractivity contribution in [1.29, 1.82) is 0 Å². The van der Waals surface area contributed by atoms with Gasteiger partial charge in [0, 0.05) is 5.92 Å². The van der Waals surface area contributed by atoms with Crippen molar-refractivity contribution < 1.29 is 4.79 Å². The zero-order chi connectivity index (χ0) is 13.1. The first-order valence-corrected chi connectivity index (χ1v) is 6.77. The fourth-order valence-corrected chi connectivity index (χ4v) is 2.85. The summed E-state index contributed by atoms with van der Waals surface area (Å²) in [6.45, 7) is 10.6. The van der Waals surface area contributed by atoms with E-state index in [4.69, 9.17) is 0 Å². The average Bonchev–Trinajstić information content (AvgIpc) is 2.29. The fourth-order valence-electron chi connectivity index (χ4n) is 2.85. The van der Waals surface area contributed by atoms with Crippen molar-refractivity contribution in [2.24, 2.45) is 23.2 Å². The summed E-state index contributed by atoms with van der Waals surface area (Å²) in [6, 6.07) is 0. The summed E-state index contributed by atoms with van der Waals surface area (Å²) in [4.78, 5) is 11.4. The number of hydrogen-bond acceptors (Lipinski definition) is 1. The smallest absolute Gasteiger partial charge is 0.132 e. The van der Waals surface area contributed by atoms with E-state index in [1.807, 2.05) is 6.92 Å². The molecule has 0 heterocycles. The average molecular weight is 234 g/mol. The SMILES string of the molecule is CCC1(C)C=CC=C[C@H]1C(C)CC(C)C(C)=O. The van der Waals surface area contributed by atoms with Gasteiger partial charge in [-0.05, 0) is 37.0 Å². The number of rotatable bonds is 5. The summed E-state index contributed by atoms with van der Waals surface area (Å²) in [5.74, 6) is 1.61. The number of ketones is 1. The van der Waals surface area contributed by atoms with Crippen molar-refractivity contribution in [1.82, 2.24) is 0 Å². The number of carbonyl (C=O) groups is 1. The third kappa shape index (κ3) is 3.31. The number of hydrogen-bond donors (Lipinski definition) is 0. The third-order valence-corrected chi connectivity index (χ3v) is 4.46. The zero-order valence-corrected chi connectivity index (χ0v) is 11.9. The van der Waals surface area contributed by atoms with E-state index >= 15 is 0 Å². The Labute approximate surface area is 106 Å². The van der Waals surface area contributed by atoms with Crippen LogP contribution >= 0.6 is 0 Å². The molecule has 0 aromatic heterocycles. The lowest BCUT2D eigenvalue weighted by atomic mass is 9.66. The lowest BCUT2D eigenvalue weighted by Crippen LogP contribution is -2.31. The molecule has 0 spiro atoms. The van der Waals surface area contributed by atoms with Crippen molar-refractivity contribution in [2.75, 3.05) is 0 Å². The Hall–Kier alpha value is -0.850. The quantitative estimate of drug-likeness (QED) is 0.689. The van der Waals surface area contributed by atoms with Gasteiger partial charge in [0.25, 0.3) is 0 Å². The molecular weight excluding hydrogens is 208 g/mol. The van der Waals surface area contributed by atoms with Crippen LogP contribution < -0.4 is 0 Å². The first-order chi connectivity index (χ1) is 7.90. The Morgan fingerprint density at radius 1 is 1.35 bits per heavy atom. The summed E-state index contributed by atoms with van der Waals surface area (Å²) < 4.78 is 0. The van der Waals surface area contributed by atoms with Gasteiger partial charge < -0.3 is 0 Å². The molecule has 0 fully saturated rings. The lowest BCUT2D eigenvalue weighted by molar-refractivity contribution is -0.120. The maximum atomic E-state index is 11.4. The van der Waals surface area contributed by atoms with E-state index in [1.165, 1.54) is 0 Å². The first kappa shape index (κ1) is 14.2. The molecular formula is C16H26O.